The van der Waals surface area contributed by atoms with Crippen molar-refractivity contribution in [1.82, 2.24) is 4.72 Å². The molecule has 3 nitrogen and oxygen atoms in total. The van der Waals surface area contributed by atoms with Crippen LogP contribution in [0, 0.1) is 17.8 Å². The van der Waals surface area contributed by atoms with Gasteiger partial charge in [0.25, 0.3) is 0 Å². The van der Waals surface area contributed by atoms with E-state index in [1.807, 2.05) is 30.3 Å². The quantitative estimate of drug-likeness (QED) is 0.923. The minimum Gasteiger partial charge on any atom is -0.208 e. The zero-order valence-corrected chi connectivity index (χ0v) is 13.6. The summed E-state index contributed by atoms with van der Waals surface area (Å²) in [5.41, 5.74) is 0.757. The van der Waals surface area contributed by atoms with E-state index in [0.717, 1.165) is 42.6 Å². The van der Waals surface area contributed by atoms with Crippen LogP contribution in [0.1, 0.15) is 44.1 Å². The summed E-state index contributed by atoms with van der Waals surface area (Å²) in [7, 11) is -3.37. The molecule has 4 aliphatic rings. The van der Waals surface area contributed by atoms with Crippen molar-refractivity contribution in [3.05, 3.63) is 41.3 Å². The number of rotatable bonds is 4. The zero-order chi connectivity index (χ0) is 15.2. The fourth-order valence-corrected chi connectivity index (χ4v) is 6.56. The van der Waals surface area contributed by atoms with Crippen molar-refractivity contribution in [3.8, 4) is 0 Å². The van der Waals surface area contributed by atoms with Gasteiger partial charge < -0.3 is 0 Å². The fourth-order valence-electron chi connectivity index (χ4n) is 5.30. The lowest BCUT2D eigenvalue weighted by molar-refractivity contribution is -0.00793. The summed E-state index contributed by atoms with van der Waals surface area (Å²) in [4.78, 5) is 0. The van der Waals surface area contributed by atoms with Gasteiger partial charge in [-0.3, -0.25) is 0 Å². The van der Waals surface area contributed by atoms with Gasteiger partial charge in [-0.15, -0.1) is 0 Å². The molecule has 118 valence electrons. The number of hydrogen-bond donors (Lipinski definition) is 1. The Morgan fingerprint density at radius 1 is 0.955 bits per heavy atom. The Balaban J connectivity index is 1.51. The summed E-state index contributed by atoms with van der Waals surface area (Å²) in [6.45, 7) is 0. The average molecular weight is 317 g/mol. The van der Waals surface area contributed by atoms with Gasteiger partial charge in [-0.05, 0) is 67.9 Å². The fraction of sp³-hybridized carbons (Fsp3) is 0.556. The summed E-state index contributed by atoms with van der Waals surface area (Å²) in [5, 5.41) is 1.33. The molecule has 0 unspecified atom stereocenters. The second-order valence-corrected chi connectivity index (χ2v) is 9.12. The first-order chi connectivity index (χ1) is 10.5. The Labute approximate surface area is 132 Å². The lowest BCUT2D eigenvalue weighted by atomic mass is 9.53. The maximum Gasteiger partial charge on any atom is 0.234 e. The Bertz CT molecular complexity index is 643. The normalized spacial score (nSPS) is 37.0. The number of nitrogens with one attached hydrogen (secondary N) is 1. The van der Waals surface area contributed by atoms with Crippen molar-refractivity contribution < 1.29 is 8.42 Å². The molecule has 0 aromatic heterocycles. The van der Waals surface area contributed by atoms with Gasteiger partial charge in [0.05, 0.1) is 0 Å². The van der Waals surface area contributed by atoms with Crippen molar-refractivity contribution in [2.24, 2.45) is 17.8 Å². The van der Waals surface area contributed by atoms with Crippen LogP contribution >= 0.6 is 0 Å². The average Bonchev–Trinajstić information content (AvgIpc) is 2.44. The van der Waals surface area contributed by atoms with Gasteiger partial charge in [0.1, 0.15) is 0 Å². The highest BCUT2D eigenvalue weighted by Gasteiger charge is 2.52. The van der Waals surface area contributed by atoms with Crippen LogP contribution in [0.2, 0.25) is 0 Å². The summed E-state index contributed by atoms with van der Waals surface area (Å²) in [6, 6.07) is 9.59. The van der Waals surface area contributed by atoms with E-state index in [4.69, 9.17) is 0 Å². The van der Waals surface area contributed by atoms with Crippen LogP contribution in [0.15, 0.2) is 35.7 Å². The van der Waals surface area contributed by atoms with Gasteiger partial charge in [0.15, 0.2) is 0 Å². The molecular weight excluding hydrogens is 294 g/mol. The van der Waals surface area contributed by atoms with Gasteiger partial charge >= 0.3 is 0 Å². The van der Waals surface area contributed by atoms with Crippen LogP contribution in [0.4, 0.5) is 0 Å². The van der Waals surface area contributed by atoms with Crippen LogP contribution in [0.25, 0.3) is 6.08 Å². The Morgan fingerprint density at radius 2 is 1.50 bits per heavy atom. The van der Waals surface area contributed by atoms with Gasteiger partial charge in [-0.25, -0.2) is 13.1 Å². The van der Waals surface area contributed by atoms with E-state index < -0.39 is 10.0 Å². The highest BCUT2D eigenvalue weighted by molar-refractivity contribution is 7.92. The molecule has 0 atom stereocenters. The minimum atomic E-state index is -3.37. The molecule has 4 aliphatic carbocycles. The lowest BCUT2D eigenvalue weighted by Crippen LogP contribution is -2.59. The van der Waals surface area contributed by atoms with E-state index >= 15 is 0 Å². The van der Waals surface area contributed by atoms with Crippen molar-refractivity contribution in [2.75, 3.05) is 0 Å². The van der Waals surface area contributed by atoms with E-state index in [2.05, 4.69) is 4.72 Å². The molecule has 4 fully saturated rings. The van der Waals surface area contributed by atoms with Gasteiger partial charge in [-0.1, -0.05) is 30.3 Å². The van der Waals surface area contributed by atoms with Gasteiger partial charge in [-0.2, -0.15) is 0 Å². The summed E-state index contributed by atoms with van der Waals surface area (Å²) in [6.07, 6.45) is 8.76. The maximum absolute atomic E-state index is 12.5. The zero-order valence-electron chi connectivity index (χ0n) is 12.7. The van der Waals surface area contributed by atoms with Gasteiger partial charge in [0, 0.05) is 10.9 Å². The molecular formula is C18H23NO2S. The molecule has 4 saturated carbocycles. The van der Waals surface area contributed by atoms with Crippen molar-refractivity contribution in [1.29, 1.82) is 0 Å². The monoisotopic (exact) mass is 317 g/mol. The minimum absolute atomic E-state index is 0.158. The summed E-state index contributed by atoms with van der Waals surface area (Å²) >= 11 is 0. The SMILES string of the molecule is O=S(=O)(/C=C\c1ccccc1)NC12CC3CC(CC(C3)C1)C2. The van der Waals surface area contributed by atoms with E-state index in [-0.39, 0.29) is 5.54 Å². The third-order valence-electron chi connectivity index (χ3n) is 5.64. The third-order valence-corrected chi connectivity index (χ3v) is 6.85. The molecule has 0 spiro atoms. The standard InChI is InChI=1S/C18H23NO2S/c20-22(21,7-6-14-4-2-1-3-5-14)19-18-11-15-8-16(12-18)10-17(9-15)13-18/h1-7,15-17,19H,8-13H2/b7-6-. The molecule has 1 aromatic rings. The van der Waals surface area contributed by atoms with Crippen molar-refractivity contribution in [3.63, 3.8) is 0 Å². The first-order valence-corrected chi connectivity index (χ1v) is 9.84. The Hall–Kier alpha value is -1.13. The third kappa shape index (κ3) is 2.86. The summed E-state index contributed by atoms with van der Waals surface area (Å²) in [5.74, 6) is 2.23. The Morgan fingerprint density at radius 3 is 2.05 bits per heavy atom. The molecule has 0 radical (unpaired) electrons. The maximum atomic E-state index is 12.5. The highest BCUT2D eigenvalue weighted by atomic mass is 32.2. The molecule has 1 N–H and O–H groups in total. The first-order valence-electron chi connectivity index (χ1n) is 8.29. The predicted octanol–water partition coefficient (Wildman–Crippen LogP) is 3.55. The number of hydrogen-bond acceptors (Lipinski definition) is 2. The Kier molecular flexibility index (Phi) is 3.42. The van der Waals surface area contributed by atoms with Crippen LogP contribution < -0.4 is 4.72 Å². The van der Waals surface area contributed by atoms with Crippen molar-refractivity contribution in [2.45, 2.75) is 44.1 Å². The lowest BCUT2D eigenvalue weighted by Gasteiger charge is -2.56. The van der Waals surface area contributed by atoms with Crippen LogP contribution in [-0.4, -0.2) is 14.0 Å². The number of sulfonamides is 1. The van der Waals surface area contributed by atoms with E-state index in [1.165, 1.54) is 24.7 Å². The summed E-state index contributed by atoms with van der Waals surface area (Å²) < 4.78 is 28.0. The molecule has 1 aromatic carbocycles. The second kappa shape index (κ2) is 5.20. The molecule has 0 saturated heterocycles. The van der Waals surface area contributed by atoms with E-state index in [0.29, 0.717) is 0 Å². The smallest absolute Gasteiger partial charge is 0.208 e. The van der Waals surface area contributed by atoms with Crippen LogP contribution in [-0.2, 0) is 10.0 Å². The molecule has 5 rings (SSSR count). The van der Waals surface area contributed by atoms with Crippen LogP contribution in [0.3, 0.4) is 0 Å². The number of benzene rings is 1. The highest BCUT2D eigenvalue weighted by Crippen LogP contribution is 2.55. The molecule has 22 heavy (non-hydrogen) atoms. The molecule has 0 amide bonds. The topological polar surface area (TPSA) is 46.2 Å². The van der Waals surface area contributed by atoms with E-state index in [9.17, 15) is 8.42 Å². The molecule has 4 bridgehead atoms. The molecule has 4 heteroatoms. The largest absolute Gasteiger partial charge is 0.234 e. The van der Waals surface area contributed by atoms with Gasteiger partial charge in [0.2, 0.25) is 10.0 Å². The second-order valence-electron chi connectivity index (χ2n) is 7.56. The van der Waals surface area contributed by atoms with Crippen molar-refractivity contribution >= 4 is 16.1 Å². The molecule has 0 heterocycles. The predicted molar refractivity (Wildman–Crippen MR) is 88.4 cm³/mol. The first kappa shape index (κ1) is 14.5. The van der Waals surface area contributed by atoms with Crippen LogP contribution in [0.5, 0.6) is 0 Å². The van der Waals surface area contributed by atoms with E-state index in [1.54, 1.807) is 6.08 Å². The molecule has 0 aliphatic heterocycles.